The summed E-state index contributed by atoms with van der Waals surface area (Å²) in [4.78, 5) is 21.8. The number of carbonyl (C=O) groups excluding carboxylic acids is 1. The van der Waals surface area contributed by atoms with Gasteiger partial charge in [-0.3, -0.25) is 14.4 Å². The Morgan fingerprint density at radius 1 is 1.13 bits per heavy atom. The summed E-state index contributed by atoms with van der Waals surface area (Å²) < 4.78 is 27.8. The molecule has 0 atom stereocenters. The summed E-state index contributed by atoms with van der Waals surface area (Å²) in [5.74, 6) is -0.155. The van der Waals surface area contributed by atoms with Crippen LogP contribution in [0.3, 0.4) is 0 Å². The number of carbonyl (C=O) groups is 1. The lowest BCUT2D eigenvalue weighted by atomic mass is 10.1. The number of hydrogen-bond donors (Lipinski definition) is 1. The molecule has 0 spiro atoms. The fraction of sp³-hybridized carbons (Fsp3) is 0.333. The number of piperazine rings is 1. The van der Waals surface area contributed by atoms with Gasteiger partial charge in [0.2, 0.25) is 10.0 Å². The number of nitrogens with one attached hydrogen (secondary N) is 1. The average molecular weight is 428 g/mol. The largest absolute Gasteiger partial charge is 0.336 e. The maximum atomic E-state index is 13.1. The predicted molar refractivity (Wildman–Crippen MR) is 116 cm³/mol. The number of imidazole rings is 1. The van der Waals surface area contributed by atoms with Crippen molar-refractivity contribution in [2.45, 2.75) is 13.5 Å². The van der Waals surface area contributed by atoms with Gasteiger partial charge >= 0.3 is 0 Å². The molecule has 1 aromatic carbocycles. The lowest BCUT2D eigenvalue weighted by molar-refractivity contribution is 0.0628. The molecule has 4 rings (SSSR count). The van der Waals surface area contributed by atoms with Crippen LogP contribution in [0, 0.1) is 6.92 Å². The summed E-state index contributed by atoms with van der Waals surface area (Å²) in [6.45, 7) is 5.25. The van der Waals surface area contributed by atoms with Crippen LogP contribution in [0.2, 0.25) is 0 Å². The van der Waals surface area contributed by atoms with Crippen molar-refractivity contribution in [3.63, 3.8) is 0 Å². The fourth-order valence-electron chi connectivity index (χ4n) is 3.70. The van der Waals surface area contributed by atoms with E-state index in [0.717, 1.165) is 42.8 Å². The molecule has 158 valence electrons. The average Bonchev–Trinajstić information content (AvgIpc) is 3.10. The van der Waals surface area contributed by atoms with Gasteiger partial charge in [0, 0.05) is 45.1 Å². The van der Waals surface area contributed by atoms with Crippen LogP contribution in [0.15, 0.2) is 48.8 Å². The molecule has 1 amide bonds. The first-order chi connectivity index (χ1) is 14.3. The van der Waals surface area contributed by atoms with E-state index in [1.807, 2.05) is 41.9 Å². The Labute approximate surface area is 176 Å². The van der Waals surface area contributed by atoms with Gasteiger partial charge in [0.05, 0.1) is 23.2 Å². The van der Waals surface area contributed by atoms with Crippen molar-refractivity contribution in [2.24, 2.45) is 0 Å². The Hall–Kier alpha value is -2.91. The van der Waals surface area contributed by atoms with Crippen molar-refractivity contribution in [3.05, 3.63) is 65.6 Å². The smallest absolute Gasteiger partial charge is 0.256 e. The van der Waals surface area contributed by atoms with E-state index in [2.05, 4.69) is 14.6 Å². The molecule has 9 heteroatoms. The minimum absolute atomic E-state index is 0.155. The number of hydrogen-bond acceptors (Lipinski definition) is 5. The molecule has 0 bridgehead atoms. The second kappa shape index (κ2) is 8.08. The first kappa shape index (κ1) is 20.4. The summed E-state index contributed by atoms with van der Waals surface area (Å²) in [6, 6.07) is 11.1. The lowest BCUT2D eigenvalue weighted by Crippen LogP contribution is -2.48. The van der Waals surface area contributed by atoms with Crippen LogP contribution in [0.25, 0.3) is 5.65 Å². The van der Waals surface area contributed by atoms with Crippen molar-refractivity contribution >= 4 is 27.3 Å². The number of pyridine rings is 1. The molecule has 1 aliphatic heterocycles. The molecule has 1 N–H and O–H groups in total. The number of anilines is 1. The van der Waals surface area contributed by atoms with E-state index in [-0.39, 0.29) is 5.91 Å². The second-order valence-corrected chi connectivity index (χ2v) is 9.44. The van der Waals surface area contributed by atoms with Gasteiger partial charge in [-0.05, 0) is 31.2 Å². The zero-order valence-corrected chi connectivity index (χ0v) is 17.9. The summed E-state index contributed by atoms with van der Waals surface area (Å²) in [5.41, 5.74) is 3.53. The van der Waals surface area contributed by atoms with Crippen LogP contribution in [-0.4, -0.2) is 65.9 Å². The van der Waals surface area contributed by atoms with Crippen LogP contribution in [0.1, 0.15) is 21.6 Å². The Morgan fingerprint density at radius 3 is 2.60 bits per heavy atom. The number of benzene rings is 1. The molecule has 3 aromatic rings. The standard InChI is InChI=1S/C21H25N5O3S/c1-16-6-7-19(23-30(2,28)29)18(13-16)21(27)25-11-9-24(10-12-25)14-17-15-26-8-4-3-5-20(26)22-17/h3-8,13,15,23H,9-12,14H2,1-2H3. The van der Waals surface area contributed by atoms with Gasteiger partial charge in [-0.15, -0.1) is 0 Å². The third kappa shape index (κ3) is 4.63. The van der Waals surface area contributed by atoms with Crippen molar-refractivity contribution in [3.8, 4) is 0 Å². The summed E-state index contributed by atoms with van der Waals surface area (Å²) >= 11 is 0. The summed E-state index contributed by atoms with van der Waals surface area (Å²) in [6.07, 6.45) is 5.09. The van der Waals surface area contributed by atoms with Crippen molar-refractivity contribution in [1.82, 2.24) is 19.2 Å². The summed E-state index contributed by atoms with van der Waals surface area (Å²) in [5, 5.41) is 0. The first-order valence-corrected chi connectivity index (χ1v) is 11.7. The maximum absolute atomic E-state index is 13.1. The maximum Gasteiger partial charge on any atom is 0.256 e. The monoisotopic (exact) mass is 427 g/mol. The number of rotatable bonds is 5. The van der Waals surface area contributed by atoms with Gasteiger partial charge in [-0.1, -0.05) is 17.7 Å². The zero-order valence-electron chi connectivity index (χ0n) is 17.1. The van der Waals surface area contributed by atoms with Gasteiger partial charge in [0.1, 0.15) is 5.65 Å². The molecule has 0 saturated carbocycles. The van der Waals surface area contributed by atoms with E-state index < -0.39 is 10.0 Å². The Balaban J connectivity index is 1.42. The second-order valence-electron chi connectivity index (χ2n) is 7.69. The van der Waals surface area contributed by atoms with E-state index in [9.17, 15) is 13.2 Å². The number of nitrogens with zero attached hydrogens (tertiary/aromatic N) is 4. The third-order valence-electron chi connectivity index (χ3n) is 5.16. The number of sulfonamides is 1. The van der Waals surface area contributed by atoms with Gasteiger partial charge in [0.15, 0.2) is 0 Å². The van der Waals surface area contributed by atoms with Gasteiger partial charge in [-0.2, -0.15) is 0 Å². The van der Waals surface area contributed by atoms with Gasteiger partial charge in [-0.25, -0.2) is 13.4 Å². The highest BCUT2D eigenvalue weighted by atomic mass is 32.2. The lowest BCUT2D eigenvalue weighted by Gasteiger charge is -2.34. The molecule has 1 fully saturated rings. The number of aromatic nitrogens is 2. The van der Waals surface area contributed by atoms with Crippen LogP contribution >= 0.6 is 0 Å². The highest BCUT2D eigenvalue weighted by molar-refractivity contribution is 7.92. The van der Waals surface area contributed by atoms with Crippen molar-refractivity contribution in [2.75, 3.05) is 37.2 Å². The highest BCUT2D eigenvalue weighted by Gasteiger charge is 2.25. The molecule has 1 saturated heterocycles. The fourth-order valence-corrected chi connectivity index (χ4v) is 4.27. The van der Waals surface area contributed by atoms with Crippen LogP contribution in [0.4, 0.5) is 5.69 Å². The van der Waals surface area contributed by atoms with E-state index in [1.165, 1.54) is 0 Å². The van der Waals surface area contributed by atoms with Crippen LogP contribution < -0.4 is 4.72 Å². The third-order valence-corrected chi connectivity index (χ3v) is 5.75. The summed E-state index contributed by atoms with van der Waals surface area (Å²) in [7, 11) is -3.47. The molecule has 0 unspecified atom stereocenters. The van der Waals surface area contributed by atoms with E-state index in [1.54, 1.807) is 23.1 Å². The van der Waals surface area contributed by atoms with E-state index in [4.69, 9.17) is 0 Å². The predicted octanol–water partition coefficient (Wildman–Crippen LogP) is 1.97. The van der Waals surface area contributed by atoms with Gasteiger partial charge < -0.3 is 9.30 Å². The first-order valence-electron chi connectivity index (χ1n) is 9.81. The number of aryl methyl sites for hydroxylation is 1. The molecule has 0 aliphatic carbocycles. The van der Waals surface area contributed by atoms with Crippen molar-refractivity contribution in [1.29, 1.82) is 0 Å². The Morgan fingerprint density at radius 2 is 1.90 bits per heavy atom. The molecular weight excluding hydrogens is 402 g/mol. The van der Waals surface area contributed by atoms with Crippen molar-refractivity contribution < 1.29 is 13.2 Å². The van der Waals surface area contributed by atoms with E-state index in [0.29, 0.717) is 24.3 Å². The molecular formula is C21H25N5O3S. The van der Waals surface area contributed by atoms with E-state index >= 15 is 0 Å². The minimum atomic E-state index is -3.47. The van der Waals surface area contributed by atoms with Crippen LogP contribution in [-0.2, 0) is 16.6 Å². The molecule has 1 aliphatic rings. The SMILES string of the molecule is Cc1ccc(NS(C)(=O)=O)c(C(=O)N2CCN(Cc3cn4ccccc4n3)CC2)c1. The van der Waals surface area contributed by atoms with Gasteiger partial charge in [0.25, 0.3) is 5.91 Å². The topological polar surface area (TPSA) is 87.0 Å². The number of amides is 1. The highest BCUT2D eigenvalue weighted by Crippen LogP contribution is 2.21. The molecule has 30 heavy (non-hydrogen) atoms. The molecule has 8 nitrogen and oxygen atoms in total. The Kier molecular flexibility index (Phi) is 5.48. The minimum Gasteiger partial charge on any atom is -0.336 e. The molecule has 3 heterocycles. The quantitative estimate of drug-likeness (QED) is 0.673. The molecule has 2 aromatic heterocycles. The molecule has 0 radical (unpaired) electrons. The van der Waals surface area contributed by atoms with Crippen LogP contribution in [0.5, 0.6) is 0 Å². The number of fused-ring (bicyclic) bond motifs is 1. The zero-order chi connectivity index (χ0) is 21.3. The Bertz CT molecular complexity index is 1150. The normalized spacial score (nSPS) is 15.5.